The fourth-order valence-corrected chi connectivity index (χ4v) is 2.15. The van der Waals surface area contributed by atoms with Gasteiger partial charge < -0.3 is 25.6 Å². The summed E-state index contributed by atoms with van der Waals surface area (Å²) in [6.45, 7) is 0.137. The standard InChI is InChI=1S/C18H20N2O5/c21-11-10-16(20-18(23)24)17(22)19-14-6-8-15(9-7-14)25-12-13-4-2-1-3-5-13/h1-9,16,20-21H,10-12H2,(H,19,22)(H,23,24)/t16-/m0/s1. The van der Waals surface area contributed by atoms with Gasteiger partial charge in [-0.05, 0) is 36.2 Å². The molecule has 0 aliphatic heterocycles. The second-order valence-corrected chi connectivity index (χ2v) is 5.30. The molecule has 0 aliphatic carbocycles. The topological polar surface area (TPSA) is 108 Å². The maximum Gasteiger partial charge on any atom is 0.405 e. The number of nitrogens with one attached hydrogen (secondary N) is 2. The summed E-state index contributed by atoms with van der Waals surface area (Å²) in [6.07, 6.45) is -1.32. The van der Waals surface area contributed by atoms with E-state index in [0.717, 1.165) is 5.56 Å². The monoisotopic (exact) mass is 344 g/mol. The van der Waals surface area contributed by atoms with Gasteiger partial charge in [0.1, 0.15) is 18.4 Å². The van der Waals surface area contributed by atoms with E-state index < -0.39 is 18.0 Å². The molecule has 4 N–H and O–H groups in total. The zero-order valence-corrected chi connectivity index (χ0v) is 13.5. The van der Waals surface area contributed by atoms with Gasteiger partial charge in [0, 0.05) is 12.3 Å². The maximum absolute atomic E-state index is 12.1. The lowest BCUT2D eigenvalue weighted by atomic mass is 10.2. The van der Waals surface area contributed by atoms with Gasteiger partial charge in [-0.25, -0.2) is 4.79 Å². The predicted molar refractivity (Wildman–Crippen MR) is 92.5 cm³/mol. The first-order chi connectivity index (χ1) is 12.1. The van der Waals surface area contributed by atoms with Crippen LogP contribution in [0.4, 0.5) is 10.5 Å². The van der Waals surface area contributed by atoms with Gasteiger partial charge in [0.25, 0.3) is 0 Å². The summed E-state index contributed by atoms with van der Waals surface area (Å²) in [5.41, 5.74) is 1.55. The molecule has 7 heteroatoms. The molecule has 2 rings (SSSR count). The van der Waals surface area contributed by atoms with Gasteiger partial charge in [-0.15, -0.1) is 0 Å². The molecule has 0 radical (unpaired) electrons. The average molecular weight is 344 g/mol. The summed E-state index contributed by atoms with van der Waals surface area (Å²) in [7, 11) is 0. The van der Waals surface area contributed by atoms with Crippen LogP contribution in [0.5, 0.6) is 5.75 Å². The number of rotatable bonds is 8. The van der Waals surface area contributed by atoms with Crippen LogP contribution in [-0.2, 0) is 11.4 Å². The number of ether oxygens (including phenoxy) is 1. The number of hydrogen-bond acceptors (Lipinski definition) is 4. The van der Waals surface area contributed by atoms with Crippen molar-refractivity contribution in [2.24, 2.45) is 0 Å². The van der Waals surface area contributed by atoms with Gasteiger partial charge >= 0.3 is 6.09 Å². The van der Waals surface area contributed by atoms with E-state index in [4.69, 9.17) is 14.9 Å². The van der Waals surface area contributed by atoms with Crippen LogP contribution in [0.2, 0.25) is 0 Å². The van der Waals surface area contributed by atoms with Crippen LogP contribution in [0.15, 0.2) is 54.6 Å². The van der Waals surface area contributed by atoms with Crippen molar-refractivity contribution in [1.82, 2.24) is 5.32 Å². The number of carbonyl (C=O) groups excluding carboxylic acids is 1. The van der Waals surface area contributed by atoms with Gasteiger partial charge in [0.15, 0.2) is 0 Å². The molecule has 25 heavy (non-hydrogen) atoms. The van der Waals surface area contributed by atoms with Crippen molar-refractivity contribution in [2.75, 3.05) is 11.9 Å². The fourth-order valence-electron chi connectivity index (χ4n) is 2.15. The normalized spacial score (nSPS) is 11.4. The summed E-state index contributed by atoms with van der Waals surface area (Å²) in [6, 6.07) is 15.5. The molecule has 0 heterocycles. The van der Waals surface area contributed by atoms with E-state index in [1.54, 1.807) is 24.3 Å². The Morgan fingerprint density at radius 3 is 2.32 bits per heavy atom. The van der Waals surface area contributed by atoms with Crippen molar-refractivity contribution in [2.45, 2.75) is 19.1 Å². The van der Waals surface area contributed by atoms with E-state index in [0.29, 0.717) is 18.0 Å². The zero-order chi connectivity index (χ0) is 18.1. The quantitative estimate of drug-likeness (QED) is 0.587. The van der Waals surface area contributed by atoms with Crippen molar-refractivity contribution in [3.8, 4) is 5.75 Å². The van der Waals surface area contributed by atoms with E-state index in [9.17, 15) is 9.59 Å². The minimum Gasteiger partial charge on any atom is -0.489 e. The molecule has 7 nitrogen and oxygen atoms in total. The third-order valence-electron chi connectivity index (χ3n) is 3.40. The number of carbonyl (C=O) groups is 2. The fraction of sp³-hybridized carbons (Fsp3) is 0.222. The maximum atomic E-state index is 12.1. The van der Waals surface area contributed by atoms with E-state index in [-0.39, 0.29) is 13.0 Å². The SMILES string of the molecule is O=C(O)N[C@@H](CCO)C(=O)Nc1ccc(OCc2ccccc2)cc1. The smallest absolute Gasteiger partial charge is 0.405 e. The van der Waals surface area contributed by atoms with Gasteiger partial charge in [0.2, 0.25) is 5.91 Å². The van der Waals surface area contributed by atoms with Crippen LogP contribution in [0.3, 0.4) is 0 Å². The molecule has 0 saturated heterocycles. The van der Waals surface area contributed by atoms with E-state index in [2.05, 4.69) is 10.6 Å². The largest absolute Gasteiger partial charge is 0.489 e. The van der Waals surface area contributed by atoms with Crippen LogP contribution >= 0.6 is 0 Å². The number of benzene rings is 2. The van der Waals surface area contributed by atoms with E-state index >= 15 is 0 Å². The molecule has 2 aromatic rings. The molecule has 0 spiro atoms. The van der Waals surface area contributed by atoms with Crippen LogP contribution in [0, 0.1) is 0 Å². The molecule has 0 bridgehead atoms. The third kappa shape index (κ3) is 6.15. The number of anilines is 1. The minimum atomic E-state index is -1.32. The van der Waals surface area contributed by atoms with Gasteiger partial charge in [0.05, 0.1) is 0 Å². The summed E-state index contributed by atoms with van der Waals surface area (Å²) in [5.74, 6) is 0.117. The summed E-state index contributed by atoms with van der Waals surface area (Å²) >= 11 is 0. The van der Waals surface area contributed by atoms with Gasteiger partial charge in [-0.2, -0.15) is 0 Å². The molecule has 0 unspecified atom stereocenters. The molecule has 132 valence electrons. The average Bonchev–Trinajstić information content (AvgIpc) is 2.61. The van der Waals surface area contributed by atoms with Crippen LogP contribution < -0.4 is 15.4 Å². The van der Waals surface area contributed by atoms with Gasteiger partial charge in [-0.3, -0.25) is 4.79 Å². The number of carboxylic acid groups (broad SMARTS) is 1. The highest BCUT2D eigenvalue weighted by Gasteiger charge is 2.19. The molecular weight excluding hydrogens is 324 g/mol. The van der Waals surface area contributed by atoms with Crippen molar-refractivity contribution < 1.29 is 24.5 Å². The summed E-state index contributed by atoms with van der Waals surface area (Å²) < 4.78 is 5.65. The molecule has 2 aromatic carbocycles. The summed E-state index contributed by atoms with van der Waals surface area (Å²) in [4.78, 5) is 22.7. The summed E-state index contributed by atoms with van der Waals surface area (Å²) in [5, 5.41) is 22.3. The molecule has 2 amide bonds. The second-order valence-electron chi connectivity index (χ2n) is 5.30. The van der Waals surface area contributed by atoms with E-state index in [1.807, 2.05) is 30.3 Å². The molecule has 0 saturated carbocycles. The van der Waals surface area contributed by atoms with Crippen LogP contribution in [0.1, 0.15) is 12.0 Å². The van der Waals surface area contributed by atoms with Crippen molar-refractivity contribution in [1.29, 1.82) is 0 Å². The second kappa shape index (κ2) is 9.29. The lowest BCUT2D eigenvalue weighted by Gasteiger charge is -2.15. The van der Waals surface area contributed by atoms with Crippen LogP contribution in [0.25, 0.3) is 0 Å². The van der Waals surface area contributed by atoms with Crippen molar-refractivity contribution in [3.63, 3.8) is 0 Å². The molecule has 0 aromatic heterocycles. The zero-order valence-electron chi connectivity index (χ0n) is 13.5. The highest BCUT2D eigenvalue weighted by Crippen LogP contribution is 2.17. The number of aliphatic hydroxyl groups excluding tert-OH is 1. The minimum absolute atomic E-state index is 0.00357. The molecule has 0 aliphatic rings. The first kappa shape index (κ1) is 18.3. The van der Waals surface area contributed by atoms with Crippen LogP contribution in [-0.4, -0.2) is 34.9 Å². The Labute approximate surface area is 145 Å². The Bertz CT molecular complexity index is 688. The Morgan fingerprint density at radius 2 is 1.72 bits per heavy atom. The third-order valence-corrected chi connectivity index (χ3v) is 3.40. The molecule has 0 fully saturated rings. The molecular formula is C18H20N2O5. The number of aliphatic hydroxyl groups is 1. The lowest BCUT2D eigenvalue weighted by Crippen LogP contribution is -2.43. The van der Waals surface area contributed by atoms with E-state index in [1.165, 1.54) is 0 Å². The number of hydrogen-bond donors (Lipinski definition) is 4. The first-order valence-electron chi connectivity index (χ1n) is 7.76. The Morgan fingerprint density at radius 1 is 1.04 bits per heavy atom. The molecule has 1 atom stereocenters. The predicted octanol–water partition coefficient (Wildman–Crippen LogP) is 2.22. The van der Waals surface area contributed by atoms with Crippen molar-refractivity contribution in [3.05, 3.63) is 60.2 Å². The van der Waals surface area contributed by atoms with Gasteiger partial charge in [-0.1, -0.05) is 30.3 Å². The Balaban J connectivity index is 1.90. The first-order valence-corrected chi connectivity index (χ1v) is 7.76. The Hall–Kier alpha value is -3.06. The lowest BCUT2D eigenvalue weighted by molar-refractivity contribution is -0.118. The number of amides is 2. The Kier molecular flexibility index (Phi) is 6.79. The highest BCUT2D eigenvalue weighted by atomic mass is 16.5. The van der Waals surface area contributed by atoms with Crippen molar-refractivity contribution >= 4 is 17.7 Å². The highest BCUT2D eigenvalue weighted by molar-refractivity contribution is 5.96.